The van der Waals surface area contributed by atoms with Crippen molar-refractivity contribution in [2.75, 3.05) is 32.8 Å². The number of likely N-dealkylation sites (tertiary alicyclic amines) is 1. The minimum absolute atomic E-state index is 0.0679. The van der Waals surface area contributed by atoms with Crippen molar-refractivity contribution >= 4 is 5.97 Å². The third-order valence-corrected chi connectivity index (χ3v) is 3.57. The van der Waals surface area contributed by atoms with Gasteiger partial charge in [-0.2, -0.15) is 0 Å². The van der Waals surface area contributed by atoms with Crippen LogP contribution < -0.4 is 0 Å². The Morgan fingerprint density at radius 2 is 2.22 bits per heavy atom. The third-order valence-electron chi connectivity index (χ3n) is 3.57. The van der Waals surface area contributed by atoms with Gasteiger partial charge < -0.3 is 14.7 Å². The predicted molar refractivity (Wildman–Crippen MR) is 71.4 cm³/mol. The van der Waals surface area contributed by atoms with Crippen LogP contribution in [0.15, 0.2) is 0 Å². The molecule has 1 unspecified atom stereocenters. The van der Waals surface area contributed by atoms with Crippen molar-refractivity contribution in [2.24, 2.45) is 5.92 Å². The summed E-state index contributed by atoms with van der Waals surface area (Å²) in [6.45, 7) is 6.08. The lowest BCUT2D eigenvalue weighted by atomic mass is 10.1. The number of rotatable bonds is 9. The molecule has 0 amide bonds. The van der Waals surface area contributed by atoms with Crippen LogP contribution in [0.4, 0.5) is 0 Å². The molecule has 4 heteroatoms. The van der Waals surface area contributed by atoms with E-state index < -0.39 is 0 Å². The van der Waals surface area contributed by atoms with E-state index in [1.54, 1.807) is 0 Å². The van der Waals surface area contributed by atoms with Gasteiger partial charge in [0.2, 0.25) is 0 Å². The lowest BCUT2D eigenvalue weighted by Gasteiger charge is -2.15. The van der Waals surface area contributed by atoms with Gasteiger partial charge in [-0.1, -0.05) is 6.42 Å². The maximum Gasteiger partial charge on any atom is 0.305 e. The van der Waals surface area contributed by atoms with Crippen LogP contribution in [0.1, 0.15) is 45.4 Å². The van der Waals surface area contributed by atoms with Crippen LogP contribution in [0.5, 0.6) is 0 Å². The molecule has 1 saturated heterocycles. The number of carbonyl (C=O) groups excluding carboxylic acids is 1. The molecule has 0 aromatic rings. The summed E-state index contributed by atoms with van der Waals surface area (Å²) in [4.78, 5) is 13.6. The fourth-order valence-corrected chi connectivity index (χ4v) is 2.55. The first-order valence-electron chi connectivity index (χ1n) is 7.25. The van der Waals surface area contributed by atoms with E-state index in [1.165, 1.54) is 13.0 Å². The maximum atomic E-state index is 11.1. The number of hydrogen-bond acceptors (Lipinski definition) is 4. The zero-order valence-corrected chi connectivity index (χ0v) is 11.6. The fourth-order valence-electron chi connectivity index (χ4n) is 2.55. The molecular weight excluding hydrogens is 230 g/mol. The van der Waals surface area contributed by atoms with Crippen molar-refractivity contribution in [3.8, 4) is 0 Å². The molecule has 0 aliphatic carbocycles. The summed E-state index contributed by atoms with van der Waals surface area (Å²) in [5.41, 5.74) is 0. The topological polar surface area (TPSA) is 49.8 Å². The summed E-state index contributed by atoms with van der Waals surface area (Å²) >= 11 is 0. The minimum Gasteiger partial charge on any atom is -0.466 e. The van der Waals surface area contributed by atoms with Crippen LogP contribution in [0.25, 0.3) is 0 Å². The van der Waals surface area contributed by atoms with Gasteiger partial charge in [-0.3, -0.25) is 4.79 Å². The molecule has 1 N–H and O–H groups in total. The molecule has 4 nitrogen and oxygen atoms in total. The summed E-state index contributed by atoms with van der Waals surface area (Å²) in [7, 11) is 0. The van der Waals surface area contributed by atoms with E-state index >= 15 is 0 Å². The third kappa shape index (κ3) is 6.36. The lowest BCUT2D eigenvalue weighted by molar-refractivity contribution is -0.143. The van der Waals surface area contributed by atoms with Crippen molar-refractivity contribution in [3.05, 3.63) is 0 Å². The second-order valence-electron chi connectivity index (χ2n) is 5.08. The number of nitrogens with zero attached hydrogens (tertiary/aromatic N) is 1. The minimum atomic E-state index is -0.0679. The Kier molecular flexibility index (Phi) is 8.01. The quantitative estimate of drug-likeness (QED) is 0.505. The highest BCUT2D eigenvalue weighted by atomic mass is 16.5. The Bertz CT molecular complexity index is 233. The summed E-state index contributed by atoms with van der Waals surface area (Å²) in [5, 5.41) is 8.89. The van der Waals surface area contributed by atoms with Crippen LogP contribution in [0.3, 0.4) is 0 Å². The average molecular weight is 257 g/mol. The monoisotopic (exact) mass is 257 g/mol. The Labute approximate surface area is 110 Å². The highest BCUT2D eigenvalue weighted by Crippen LogP contribution is 2.19. The van der Waals surface area contributed by atoms with Gasteiger partial charge in [0.15, 0.2) is 0 Å². The van der Waals surface area contributed by atoms with E-state index in [0.29, 0.717) is 25.6 Å². The Hall–Kier alpha value is -0.610. The number of aliphatic hydroxyl groups excluding tert-OH is 1. The first-order valence-corrected chi connectivity index (χ1v) is 7.25. The molecule has 0 radical (unpaired) electrons. The van der Waals surface area contributed by atoms with Gasteiger partial charge in [0.25, 0.3) is 0 Å². The fraction of sp³-hybridized carbons (Fsp3) is 0.929. The van der Waals surface area contributed by atoms with Crippen LogP contribution in [-0.4, -0.2) is 48.8 Å². The van der Waals surface area contributed by atoms with E-state index in [9.17, 15) is 4.79 Å². The zero-order valence-electron chi connectivity index (χ0n) is 11.6. The van der Waals surface area contributed by atoms with Crippen LogP contribution in [-0.2, 0) is 9.53 Å². The zero-order chi connectivity index (χ0) is 13.2. The molecule has 1 heterocycles. The standard InChI is InChI=1S/C14H27NO3/c1-2-18-14(17)6-4-3-5-9-15-10-7-13(12-15)8-11-16/h13,16H,2-12H2,1H3. The maximum absolute atomic E-state index is 11.1. The molecule has 1 aliphatic rings. The molecule has 0 saturated carbocycles. The number of aliphatic hydroxyl groups is 1. The van der Waals surface area contributed by atoms with Crippen molar-refractivity contribution in [1.82, 2.24) is 4.90 Å². The number of unbranched alkanes of at least 4 members (excludes halogenated alkanes) is 2. The van der Waals surface area contributed by atoms with Gasteiger partial charge in [0, 0.05) is 19.6 Å². The molecule has 18 heavy (non-hydrogen) atoms. The predicted octanol–water partition coefficient (Wildman–Crippen LogP) is 1.81. The lowest BCUT2D eigenvalue weighted by Crippen LogP contribution is -2.22. The Morgan fingerprint density at radius 3 is 2.94 bits per heavy atom. The SMILES string of the molecule is CCOC(=O)CCCCCN1CCC(CCO)C1. The van der Waals surface area contributed by atoms with Crippen LogP contribution in [0.2, 0.25) is 0 Å². The van der Waals surface area contributed by atoms with Crippen LogP contribution in [0, 0.1) is 5.92 Å². The summed E-state index contributed by atoms with van der Waals surface area (Å²) < 4.78 is 4.89. The van der Waals surface area contributed by atoms with E-state index in [-0.39, 0.29) is 5.97 Å². The highest BCUT2D eigenvalue weighted by Gasteiger charge is 2.20. The highest BCUT2D eigenvalue weighted by molar-refractivity contribution is 5.69. The number of esters is 1. The van der Waals surface area contributed by atoms with Gasteiger partial charge in [0.05, 0.1) is 6.61 Å². The first-order chi connectivity index (χ1) is 8.76. The Morgan fingerprint density at radius 1 is 1.39 bits per heavy atom. The molecule has 106 valence electrons. The number of ether oxygens (including phenoxy) is 1. The summed E-state index contributed by atoms with van der Waals surface area (Å²) in [5.74, 6) is 0.621. The van der Waals surface area contributed by atoms with Gasteiger partial charge >= 0.3 is 5.97 Å². The molecule has 1 fully saturated rings. The molecule has 0 spiro atoms. The molecule has 1 rings (SSSR count). The smallest absolute Gasteiger partial charge is 0.305 e. The van der Waals surface area contributed by atoms with Crippen molar-refractivity contribution in [1.29, 1.82) is 0 Å². The van der Waals surface area contributed by atoms with Crippen molar-refractivity contribution in [2.45, 2.75) is 45.4 Å². The van der Waals surface area contributed by atoms with E-state index in [4.69, 9.17) is 9.84 Å². The average Bonchev–Trinajstić information content (AvgIpc) is 2.77. The summed E-state index contributed by atoms with van der Waals surface area (Å²) in [6, 6.07) is 0. The molecule has 1 aliphatic heterocycles. The van der Waals surface area contributed by atoms with Crippen molar-refractivity contribution in [3.63, 3.8) is 0 Å². The first kappa shape index (κ1) is 15.4. The van der Waals surface area contributed by atoms with Gasteiger partial charge in [0.1, 0.15) is 0 Å². The second-order valence-corrected chi connectivity index (χ2v) is 5.08. The molecule has 0 aromatic carbocycles. The normalized spacial score (nSPS) is 20.2. The number of carbonyl (C=O) groups is 1. The van der Waals surface area contributed by atoms with Gasteiger partial charge in [-0.15, -0.1) is 0 Å². The second kappa shape index (κ2) is 9.34. The van der Waals surface area contributed by atoms with Gasteiger partial charge in [-0.25, -0.2) is 0 Å². The van der Waals surface area contributed by atoms with Gasteiger partial charge in [-0.05, 0) is 51.6 Å². The van der Waals surface area contributed by atoms with Crippen molar-refractivity contribution < 1.29 is 14.6 Å². The number of hydrogen-bond donors (Lipinski definition) is 1. The Balaban J connectivity index is 1.94. The molecular formula is C14H27NO3. The van der Waals surface area contributed by atoms with E-state index in [0.717, 1.165) is 38.8 Å². The van der Waals surface area contributed by atoms with Crippen LogP contribution >= 0.6 is 0 Å². The molecule has 0 bridgehead atoms. The largest absolute Gasteiger partial charge is 0.466 e. The molecule has 1 atom stereocenters. The summed E-state index contributed by atoms with van der Waals surface area (Å²) in [6.07, 6.45) is 5.92. The van der Waals surface area contributed by atoms with E-state index in [1.807, 2.05) is 6.92 Å². The molecule has 0 aromatic heterocycles. The van der Waals surface area contributed by atoms with E-state index in [2.05, 4.69) is 4.90 Å².